The molecule has 0 saturated carbocycles. The summed E-state index contributed by atoms with van der Waals surface area (Å²) in [6.07, 6.45) is 0. The number of fused-ring (bicyclic) bond motifs is 1. The fraction of sp³-hybridized carbons (Fsp3) is 0.211. The predicted octanol–water partition coefficient (Wildman–Crippen LogP) is 2.60. The summed E-state index contributed by atoms with van der Waals surface area (Å²) in [6, 6.07) is 9.28. The van der Waals surface area contributed by atoms with Crippen molar-refractivity contribution in [3.05, 3.63) is 63.9 Å². The van der Waals surface area contributed by atoms with Crippen LogP contribution in [-0.4, -0.2) is 25.7 Å². The van der Waals surface area contributed by atoms with Gasteiger partial charge in [-0.05, 0) is 36.8 Å². The van der Waals surface area contributed by atoms with Crippen LogP contribution < -0.4 is 10.4 Å². The molecule has 0 radical (unpaired) electrons. The molecule has 27 heavy (non-hydrogen) atoms. The number of aryl methyl sites for hydroxylation is 1. The Hall–Kier alpha value is -3.55. The van der Waals surface area contributed by atoms with Crippen LogP contribution in [0.5, 0.6) is 5.75 Å². The summed E-state index contributed by atoms with van der Waals surface area (Å²) in [7, 11) is 1.24. The van der Waals surface area contributed by atoms with Crippen molar-refractivity contribution in [1.82, 2.24) is 0 Å². The largest absolute Gasteiger partial charge is 0.482 e. The van der Waals surface area contributed by atoms with Gasteiger partial charge in [0.2, 0.25) is 5.76 Å². The lowest BCUT2D eigenvalue weighted by Gasteiger charge is -2.07. The van der Waals surface area contributed by atoms with Crippen LogP contribution in [0.4, 0.5) is 0 Å². The molecule has 0 spiro atoms. The number of carbonyl (C=O) groups is 2. The lowest BCUT2D eigenvalue weighted by molar-refractivity contribution is -0.147. The van der Waals surface area contributed by atoms with Gasteiger partial charge in [-0.2, -0.15) is 0 Å². The molecule has 2 heterocycles. The highest BCUT2D eigenvalue weighted by atomic mass is 16.6. The molecular formula is C19H16O8. The van der Waals surface area contributed by atoms with Crippen molar-refractivity contribution < 1.29 is 32.6 Å². The van der Waals surface area contributed by atoms with E-state index in [2.05, 4.69) is 4.74 Å². The third-order valence-corrected chi connectivity index (χ3v) is 3.70. The van der Waals surface area contributed by atoms with E-state index in [0.717, 1.165) is 10.9 Å². The Balaban J connectivity index is 1.56. The maximum absolute atomic E-state index is 11.8. The molecule has 0 N–H and O–H groups in total. The molecule has 0 atom stereocenters. The lowest BCUT2D eigenvalue weighted by atomic mass is 10.1. The monoisotopic (exact) mass is 372 g/mol. The first-order chi connectivity index (χ1) is 13.0. The number of esters is 2. The van der Waals surface area contributed by atoms with Gasteiger partial charge in [-0.15, -0.1) is 0 Å². The summed E-state index contributed by atoms with van der Waals surface area (Å²) in [4.78, 5) is 34.5. The van der Waals surface area contributed by atoms with Crippen LogP contribution in [0, 0.1) is 6.92 Å². The predicted molar refractivity (Wildman–Crippen MR) is 92.6 cm³/mol. The van der Waals surface area contributed by atoms with Crippen LogP contribution in [-0.2, 0) is 20.9 Å². The normalized spacial score (nSPS) is 10.6. The third-order valence-electron chi connectivity index (χ3n) is 3.70. The van der Waals surface area contributed by atoms with Gasteiger partial charge < -0.3 is 23.0 Å². The molecule has 0 bridgehead atoms. The highest BCUT2D eigenvalue weighted by Crippen LogP contribution is 2.22. The number of hydrogen-bond acceptors (Lipinski definition) is 8. The number of methoxy groups -OCH3 is 1. The molecule has 0 saturated heterocycles. The Kier molecular flexibility index (Phi) is 5.25. The van der Waals surface area contributed by atoms with Crippen LogP contribution in [0.2, 0.25) is 0 Å². The van der Waals surface area contributed by atoms with Gasteiger partial charge in [-0.3, -0.25) is 0 Å². The van der Waals surface area contributed by atoms with Crippen LogP contribution in [0.15, 0.2) is 50.0 Å². The van der Waals surface area contributed by atoms with Gasteiger partial charge in [0.25, 0.3) is 0 Å². The van der Waals surface area contributed by atoms with Gasteiger partial charge in [-0.1, -0.05) is 0 Å². The van der Waals surface area contributed by atoms with E-state index in [1.807, 2.05) is 0 Å². The number of carbonyl (C=O) groups excluding carboxylic acids is 2. The van der Waals surface area contributed by atoms with Gasteiger partial charge in [0, 0.05) is 17.5 Å². The molecule has 0 unspecified atom stereocenters. The second kappa shape index (κ2) is 7.77. The zero-order chi connectivity index (χ0) is 19.4. The summed E-state index contributed by atoms with van der Waals surface area (Å²) in [5.74, 6) is -0.565. The van der Waals surface area contributed by atoms with E-state index in [1.165, 1.54) is 31.4 Å². The second-order valence-electron chi connectivity index (χ2n) is 5.61. The van der Waals surface area contributed by atoms with E-state index in [0.29, 0.717) is 17.1 Å². The standard InChI is InChI=1S/C19H16O8/c1-11-7-17(20)27-16-8-12(3-5-14(11)16)24-10-18(21)25-9-13-4-6-15(26-13)19(22)23-2/h3-8H,9-10H2,1-2H3. The molecule has 0 aliphatic heterocycles. The maximum Gasteiger partial charge on any atom is 0.373 e. The summed E-state index contributed by atoms with van der Waals surface area (Å²) in [6.45, 7) is 1.31. The maximum atomic E-state index is 11.8. The van der Waals surface area contributed by atoms with E-state index in [1.54, 1.807) is 19.1 Å². The van der Waals surface area contributed by atoms with Crippen molar-refractivity contribution in [1.29, 1.82) is 0 Å². The fourth-order valence-electron chi connectivity index (χ4n) is 2.40. The number of benzene rings is 1. The molecular weight excluding hydrogens is 356 g/mol. The van der Waals surface area contributed by atoms with Crippen molar-refractivity contribution >= 4 is 22.9 Å². The van der Waals surface area contributed by atoms with Crippen molar-refractivity contribution in [2.45, 2.75) is 13.5 Å². The fourth-order valence-corrected chi connectivity index (χ4v) is 2.40. The molecule has 140 valence electrons. The van der Waals surface area contributed by atoms with E-state index in [9.17, 15) is 14.4 Å². The Morgan fingerprint density at radius 2 is 1.89 bits per heavy atom. The molecule has 1 aromatic carbocycles. The average Bonchev–Trinajstić information content (AvgIpc) is 3.12. The van der Waals surface area contributed by atoms with E-state index in [4.69, 9.17) is 18.3 Å². The zero-order valence-corrected chi connectivity index (χ0v) is 14.6. The lowest BCUT2D eigenvalue weighted by Crippen LogP contribution is -2.14. The third kappa shape index (κ3) is 4.35. The summed E-state index contributed by atoms with van der Waals surface area (Å²) >= 11 is 0. The summed E-state index contributed by atoms with van der Waals surface area (Å²) < 4.78 is 25.2. The Labute approximate surface area is 153 Å². The minimum atomic E-state index is -0.628. The summed E-state index contributed by atoms with van der Waals surface area (Å²) in [5, 5.41) is 0.781. The number of furan rings is 1. The van der Waals surface area contributed by atoms with Crippen molar-refractivity contribution in [3.63, 3.8) is 0 Å². The van der Waals surface area contributed by atoms with Gasteiger partial charge in [0.05, 0.1) is 7.11 Å². The first kappa shape index (κ1) is 18.2. The molecule has 0 aliphatic rings. The van der Waals surface area contributed by atoms with Gasteiger partial charge >= 0.3 is 17.6 Å². The van der Waals surface area contributed by atoms with Gasteiger partial charge in [0.1, 0.15) is 23.7 Å². The number of ether oxygens (including phenoxy) is 3. The molecule has 0 fully saturated rings. The second-order valence-corrected chi connectivity index (χ2v) is 5.61. The minimum absolute atomic E-state index is 0.0211. The number of rotatable bonds is 6. The molecule has 3 aromatic rings. The molecule has 0 amide bonds. The topological polar surface area (TPSA) is 105 Å². The minimum Gasteiger partial charge on any atom is -0.482 e. The van der Waals surface area contributed by atoms with Gasteiger partial charge in [0.15, 0.2) is 6.61 Å². The highest BCUT2D eigenvalue weighted by Gasteiger charge is 2.13. The van der Waals surface area contributed by atoms with E-state index >= 15 is 0 Å². The summed E-state index contributed by atoms with van der Waals surface area (Å²) in [5.41, 5.74) is 0.704. The van der Waals surface area contributed by atoms with Crippen LogP contribution in [0.1, 0.15) is 21.9 Å². The zero-order valence-electron chi connectivity index (χ0n) is 14.6. The molecule has 3 rings (SSSR count). The molecule has 8 heteroatoms. The quantitative estimate of drug-likeness (QED) is 0.480. The molecule has 2 aromatic heterocycles. The first-order valence-electron chi connectivity index (χ1n) is 7.96. The smallest absolute Gasteiger partial charge is 0.373 e. The Morgan fingerprint density at radius 3 is 2.67 bits per heavy atom. The number of hydrogen-bond donors (Lipinski definition) is 0. The van der Waals surface area contributed by atoms with E-state index < -0.39 is 17.6 Å². The van der Waals surface area contributed by atoms with Crippen LogP contribution in [0.3, 0.4) is 0 Å². The van der Waals surface area contributed by atoms with E-state index in [-0.39, 0.29) is 19.0 Å². The van der Waals surface area contributed by atoms with Crippen LogP contribution in [0.25, 0.3) is 11.0 Å². The van der Waals surface area contributed by atoms with Crippen molar-refractivity contribution in [2.75, 3.05) is 13.7 Å². The van der Waals surface area contributed by atoms with Gasteiger partial charge in [-0.25, -0.2) is 14.4 Å². The molecule has 0 aliphatic carbocycles. The molecule has 8 nitrogen and oxygen atoms in total. The first-order valence-corrected chi connectivity index (χ1v) is 7.96. The Morgan fingerprint density at radius 1 is 1.07 bits per heavy atom. The SMILES string of the molecule is COC(=O)c1ccc(COC(=O)COc2ccc3c(C)cc(=O)oc3c2)o1. The highest BCUT2D eigenvalue weighted by molar-refractivity contribution is 5.86. The van der Waals surface area contributed by atoms with Crippen molar-refractivity contribution in [3.8, 4) is 5.75 Å². The average molecular weight is 372 g/mol. The van der Waals surface area contributed by atoms with Crippen LogP contribution >= 0.6 is 0 Å². The van der Waals surface area contributed by atoms with Crippen molar-refractivity contribution in [2.24, 2.45) is 0 Å². The Bertz CT molecular complexity index is 1040.